The Bertz CT molecular complexity index is 685. The highest BCUT2D eigenvalue weighted by molar-refractivity contribution is 7.80. The van der Waals surface area contributed by atoms with E-state index in [1.54, 1.807) is 0 Å². The minimum Gasteiger partial charge on any atom is -0.480 e. The first-order valence-electron chi connectivity index (χ1n) is 9.21. The third-order valence-corrected chi connectivity index (χ3v) is 4.20. The number of hydrogen-bond donors (Lipinski definition) is 9. The van der Waals surface area contributed by atoms with Gasteiger partial charge in [-0.3, -0.25) is 24.2 Å². The molecule has 176 valence electrons. The molecule has 0 aromatic heterocycles. The van der Waals surface area contributed by atoms with Gasteiger partial charge < -0.3 is 43.4 Å². The lowest BCUT2D eigenvalue weighted by Gasteiger charge is -2.18. The Morgan fingerprint density at radius 3 is 2.06 bits per heavy atom. The van der Waals surface area contributed by atoms with E-state index in [1.807, 2.05) is 0 Å². The number of aliphatic imine (C=N–C) groups is 1. The molecule has 0 heterocycles. The van der Waals surface area contributed by atoms with Gasteiger partial charge in [0.2, 0.25) is 17.7 Å². The summed E-state index contributed by atoms with van der Waals surface area (Å²) in [5.41, 5.74) is 15.6. The minimum atomic E-state index is -1.26. The Morgan fingerprint density at radius 2 is 1.55 bits per heavy atom. The summed E-state index contributed by atoms with van der Waals surface area (Å²) < 4.78 is 0. The second kappa shape index (κ2) is 14.8. The number of carboxylic acid groups (broad SMARTS) is 2. The zero-order valence-electron chi connectivity index (χ0n) is 16.7. The van der Waals surface area contributed by atoms with Crippen LogP contribution in [0.2, 0.25) is 0 Å². The van der Waals surface area contributed by atoms with E-state index in [1.165, 1.54) is 0 Å². The van der Waals surface area contributed by atoms with Crippen LogP contribution < -0.4 is 33.2 Å². The SMILES string of the molecule is NC(N)=NCCC[C@H](NC(=O)CNC(=O)[C@H](CS)NC(=O)CC[C@H](N)C(=O)O)C(=O)O. The van der Waals surface area contributed by atoms with Crippen molar-refractivity contribution in [2.24, 2.45) is 22.2 Å². The molecule has 15 heteroatoms. The molecular weight excluding hydrogens is 434 g/mol. The zero-order chi connectivity index (χ0) is 24.0. The fraction of sp³-hybridized carbons (Fsp3) is 0.625. The molecule has 0 spiro atoms. The van der Waals surface area contributed by atoms with Crippen molar-refractivity contribution in [3.8, 4) is 0 Å². The molecule has 0 saturated carbocycles. The zero-order valence-corrected chi connectivity index (χ0v) is 17.6. The average molecular weight is 464 g/mol. The molecule has 0 aromatic carbocycles. The average Bonchev–Trinajstić information content (AvgIpc) is 2.69. The number of carboxylic acids is 2. The van der Waals surface area contributed by atoms with Crippen molar-refractivity contribution in [1.29, 1.82) is 0 Å². The van der Waals surface area contributed by atoms with Crippen molar-refractivity contribution in [2.75, 3.05) is 18.8 Å². The van der Waals surface area contributed by atoms with Gasteiger partial charge in [-0.15, -0.1) is 0 Å². The maximum Gasteiger partial charge on any atom is 0.326 e. The molecular formula is C16H29N7O7S. The van der Waals surface area contributed by atoms with E-state index >= 15 is 0 Å². The summed E-state index contributed by atoms with van der Waals surface area (Å²) >= 11 is 3.96. The molecule has 0 saturated heterocycles. The number of nitrogens with two attached hydrogens (primary N) is 3. The fourth-order valence-electron chi connectivity index (χ4n) is 2.17. The molecule has 0 fully saturated rings. The number of carbonyl (C=O) groups is 5. The molecule has 0 rings (SSSR count). The molecule has 11 N–H and O–H groups in total. The van der Waals surface area contributed by atoms with Gasteiger partial charge in [-0.25, -0.2) is 4.79 Å². The summed E-state index contributed by atoms with van der Waals surface area (Å²) in [4.78, 5) is 61.5. The molecule has 0 aliphatic heterocycles. The van der Waals surface area contributed by atoms with Gasteiger partial charge in [0.15, 0.2) is 5.96 Å². The number of rotatable bonds is 15. The first-order chi connectivity index (χ1) is 14.5. The molecule has 0 radical (unpaired) electrons. The number of nitrogens with one attached hydrogen (secondary N) is 3. The van der Waals surface area contributed by atoms with Crippen molar-refractivity contribution in [3.05, 3.63) is 0 Å². The number of nitrogens with zero attached hydrogens (tertiary/aromatic N) is 1. The van der Waals surface area contributed by atoms with E-state index < -0.39 is 54.3 Å². The number of aliphatic carboxylic acids is 2. The molecule has 3 atom stereocenters. The van der Waals surface area contributed by atoms with Gasteiger partial charge in [0.1, 0.15) is 18.1 Å². The van der Waals surface area contributed by atoms with Crippen molar-refractivity contribution in [1.82, 2.24) is 16.0 Å². The molecule has 3 amide bonds. The summed E-state index contributed by atoms with van der Waals surface area (Å²) in [7, 11) is 0. The van der Waals surface area contributed by atoms with Crippen LogP contribution in [0.5, 0.6) is 0 Å². The van der Waals surface area contributed by atoms with Gasteiger partial charge >= 0.3 is 11.9 Å². The lowest BCUT2D eigenvalue weighted by molar-refractivity contribution is -0.142. The Hall–Kier alpha value is -3.07. The van der Waals surface area contributed by atoms with Crippen molar-refractivity contribution in [3.63, 3.8) is 0 Å². The van der Waals surface area contributed by atoms with E-state index in [2.05, 4.69) is 33.6 Å². The summed E-state index contributed by atoms with van der Waals surface area (Å²) in [5.74, 6) is -4.81. The first-order valence-corrected chi connectivity index (χ1v) is 9.85. The lowest BCUT2D eigenvalue weighted by Crippen LogP contribution is -2.51. The van der Waals surface area contributed by atoms with Gasteiger partial charge in [0, 0.05) is 18.7 Å². The quantitative estimate of drug-likeness (QED) is 0.0497. The standard InChI is InChI=1S/C16H29N7O7S/c17-8(14(27)28)3-4-11(24)23-10(7-31)13(26)21-6-12(25)22-9(15(29)30)2-1-5-20-16(18)19/h8-10,31H,1-7,17H2,(H,21,26)(H,22,25)(H,23,24)(H,27,28)(H,29,30)(H4,18,19,20)/t8-,9-,10-/m0/s1. The molecule has 0 unspecified atom stereocenters. The fourth-order valence-corrected chi connectivity index (χ4v) is 2.42. The molecule has 0 aliphatic rings. The maximum absolute atomic E-state index is 12.1. The van der Waals surface area contributed by atoms with E-state index in [4.69, 9.17) is 27.4 Å². The van der Waals surface area contributed by atoms with E-state index in [0.29, 0.717) is 6.42 Å². The molecule has 14 nitrogen and oxygen atoms in total. The van der Waals surface area contributed by atoms with Crippen molar-refractivity contribution < 1.29 is 34.2 Å². The van der Waals surface area contributed by atoms with Crippen molar-refractivity contribution in [2.45, 2.75) is 43.8 Å². The third kappa shape index (κ3) is 13.0. The Labute approximate surface area is 183 Å². The number of thiol groups is 1. The van der Waals surface area contributed by atoms with Crippen LogP contribution in [-0.2, 0) is 24.0 Å². The highest BCUT2D eigenvalue weighted by Crippen LogP contribution is 1.99. The van der Waals surface area contributed by atoms with E-state index in [-0.39, 0.29) is 37.5 Å². The predicted molar refractivity (Wildman–Crippen MR) is 113 cm³/mol. The van der Waals surface area contributed by atoms with Crippen LogP contribution in [0.15, 0.2) is 4.99 Å². The Kier molecular flexibility index (Phi) is 13.4. The van der Waals surface area contributed by atoms with Gasteiger partial charge in [-0.2, -0.15) is 12.6 Å². The molecule has 0 bridgehead atoms. The minimum absolute atomic E-state index is 0.0690. The van der Waals surface area contributed by atoms with Crippen LogP contribution in [0.1, 0.15) is 25.7 Å². The Balaban J connectivity index is 4.49. The summed E-state index contributed by atoms with van der Waals surface area (Å²) in [6.45, 7) is -0.333. The number of guanidine groups is 1. The van der Waals surface area contributed by atoms with Gasteiger partial charge in [-0.05, 0) is 19.3 Å². The van der Waals surface area contributed by atoms with Crippen LogP contribution in [0, 0.1) is 0 Å². The van der Waals surface area contributed by atoms with Gasteiger partial charge in [-0.1, -0.05) is 0 Å². The highest BCUT2D eigenvalue weighted by atomic mass is 32.1. The second-order valence-electron chi connectivity index (χ2n) is 6.41. The van der Waals surface area contributed by atoms with Crippen LogP contribution >= 0.6 is 12.6 Å². The summed E-state index contributed by atoms with van der Waals surface area (Å²) in [5, 5.41) is 24.7. The van der Waals surface area contributed by atoms with Crippen molar-refractivity contribution >= 4 is 48.2 Å². The van der Waals surface area contributed by atoms with E-state index in [9.17, 15) is 24.0 Å². The number of hydrogen-bond acceptors (Lipinski definition) is 8. The topological polar surface area (TPSA) is 252 Å². The third-order valence-electron chi connectivity index (χ3n) is 3.84. The number of carbonyl (C=O) groups excluding carboxylic acids is 3. The smallest absolute Gasteiger partial charge is 0.326 e. The summed E-state index contributed by atoms with van der Waals surface area (Å²) in [6.07, 6.45) is 0.0380. The predicted octanol–water partition coefficient (Wildman–Crippen LogP) is -3.67. The van der Waals surface area contributed by atoms with Gasteiger partial charge in [0.05, 0.1) is 6.54 Å². The second-order valence-corrected chi connectivity index (χ2v) is 6.78. The Morgan fingerprint density at radius 1 is 0.935 bits per heavy atom. The van der Waals surface area contributed by atoms with Crippen LogP contribution in [0.25, 0.3) is 0 Å². The monoisotopic (exact) mass is 463 g/mol. The van der Waals surface area contributed by atoms with E-state index in [0.717, 1.165) is 0 Å². The maximum atomic E-state index is 12.1. The molecule has 0 aromatic rings. The molecule has 0 aliphatic carbocycles. The van der Waals surface area contributed by atoms with Crippen LogP contribution in [0.4, 0.5) is 0 Å². The first kappa shape index (κ1) is 27.9. The normalized spacial score (nSPS) is 13.2. The number of amides is 3. The largest absolute Gasteiger partial charge is 0.480 e. The van der Waals surface area contributed by atoms with Crippen LogP contribution in [-0.4, -0.2) is 82.8 Å². The van der Waals surface area contributed by atoms with Gasteiger partial charge in [0.25, 0.3) is 0 Å². The lowest BCUT2D eigenvalue weighted by atomic mass is 10.1. The summed E-state index contributed by atoms with van der Waals surface area (Å²) in [6, 6.07) is -3.49. The molecule has 31 heavy (non-hydrogen) atoms. The van der Waals surface area contributed by atoms with Crippen LogP contribution in [0.3, 0.4) is 0 Å². The highest BCUT2D eigenvalue weighted by Gasteiger charge is 2.23.